The SMILES string of the molecule is Cc1cc(C)c(NC(=O)C2CN(S(C)(=O)=O)C2)c(C)c1. The van der Waals surface area contributed by atoms with Crippen molar-refractivity contribution in [1.29, 1.82) is 0 Å². The number of carbonyl (C=O) groups is 1. The van der Waals surface area contributed by atoms with E-state index in [1.165, 1.54) is 4.31 Å². The van der Waals surface area contributed by atoms with Gasteiger partial charge in [0.2, 0.25) is 15.9 Å². The molecule has 1 aliphatic heterocycles. The molecule has 1 aromatic rings. The normalized spacial score (nSPS) is 16.8. The van der Waals surface area contributed by atoms with Gasteiger partial charge in [-0.2, -0.15) is 0 Å². The second-order valence-corrected chi connectivity index (χ2v) is 7.52. The number of carbonyl (C=O) groups excluding carboxylic acids is 1. The fraction of sp³-hybridized carbons (Fsp3) is 0.500. The van der Waals surface area contributed by atoms with Crippen LogP contribution in [-0.2, 0) is 14.8 Å². The van der Waals surface area contributed by atoms with Crippen molar-refractivity contribution >= 4 is 21.6 Å². The predicted molar refractivity (Wildman–Crippen MR) is 79.2 cm³/mol. The van der Waals surface area contributed by atoms with Gasteiger partial charge < -0.3 is 5.32 Å². The van der Waals surface area contributed by atoms with Gasteiger partial charge in [-0.1, -0.05) is 17.7 Å². The highest BCUT2D eigenvalue weighted by atomic mass is 32.2. The molecule has 0 radical (unpaired) electrons. The van der Waals surface area contributed by atoms with Gasteiger partial charge in [0, 0.05) is 18.8 Å². The van der Waals surface area contributed by atoms with E-state index in [1.54, 1.807) is 0 Å². The molecule has 1 aromatic carbocycles. The highest BCUT2D eigenvalue weighted by Crippen LogP contribution is 2.25. The Balaban J connectivity index is 2.04. The van der Waals surface area contributed by atoms with Crippen molar-refractivity contribution in [2.45, 2.75) is 20.8 Å². The zero-order valence-electron chi connectivity index (χ0n) is 12.2. The minimum atomic E-state index is -3.17. The molecule has 1 heterocycles. The molecule has 20 heavy (non-hydrogen) atoms. The van der Waals surface area contributed by atoms with Gasteiger partial charge in [0.25, 0.3) is 0 Å². The number of hydrogen-bond acceptors (Lipinski definition) is 3. The number of benzene rings is 1. The van der Waals surface area contributed by atoms with Crippen molar-refractivity contribution in [2.75, 3.05) is 24.7 Å². The number of rotatable bonds is 3. The smallest absolute Gasteiger partial charge is 0.230 e. The van der Waals surface area contributed by atoms with Gasteiger partial charge in [0.05, 0.1) is 12.2 Å². The van der Waals surface area contributed by atoms with E-state index < -0.39 is 10.0 Å². The van der Waals surface area contributed by atoms with E-state index in [4.69, 9.17) is 0 Å². The topological polar surface area (TPSA) is 66.5 Å². The number of amides is 1. The van der Waals surface area contributed by atoms with Crippen molar-refractivity contribution in [3.63, 3.8) is 0 Å². The minimum absolute atomic E-state index is 0.111. The molecule has 6 heteroatoms. The molecule has 0 unspecified atom stereocenters. The van der Waals surface area contributed by atoms with Gasteiger partial charge in [0.1, 0.15) is 0 Å². The summed E-state index contributed by atoms with van der Waals surface area (Å²) in [5.74, 6) is -0.371. The van der Waals surface area contributed by atoms with Crippen LogP contribution in [0.5, 0.6) is 0 Å². The lowest BCUT2D eigenvalue weighted by atomic mass is 10.0. The maximum atomic E-state index is 12.1. The molecule has 0 aromatic heterocycles. The average Bonchev–Trinajstić information content (AvgIpc) is 2.18. The van der Waals surface area contributed by atoms with Crippen molar-refractivity contribution < 1.29 is 13.2 Å². The number of nitrogens with zero attached hydrogens (tertiary/aromatic N) is 1. The van der Waals surface area contributed by atoms with Gasteiger partial charge >= 0.3 is 0 Å². The summed E-state index contributed by atoms with van der Waals surface area (Å²) in [6.45, 7) is 6.48. The molecule has 0 aliphatic carbocycles. The number of aryl methyl sites for hydroxylation is 3. The van der Waals surface area contributed by atoms with E-state index in [9.17, 15) is 13.2 Å². The first-order chi connectivity index (χ1) is 9.18. The summed E-state index contributed by atoms with van der Waals surface area (Å²) < 4.78 is 23.9. The largest absolute Gasteiger partial charge is 0.325 e. The van der Waals surface area contributed by atoms with Crippen LogP contribution in [0, 0.1) is 26.7 Å². The molecule has 1 aliphatic rings. The fourth-order valence-electron chi connectivity index (χ4n) is 2.48. The number of nitrogens with one attached hydrogen (secondary N) is 1. The zero-order valence-corrected chi connectivity index (χ0v) is 13.0. The molecule has 0 saturated carbocycles. The molecule has 1 fully saturated rings. The Morgan fingerprint density at radius 1 is 1.20 bits per heavy atom. The van der Waals surface area contributed by atoms with Crippen LogP contribution in [0.4, 0.5) is 5.69 Å². The summed E-state index contributed by atoms with van der Waals surface area (Å²) >= 11 is 0. The van der Waals surface area contributed by atoms with E-state index in [2.05, 4.69) is 5.32 Å². The number of anilines is 1. The highest BCUT2D eigenvalue weighted by molar-refractivity contribution is 7.88. The van der Waals surface area contributed by atoms with Crippen LogP contribution < -0.4 is 5.32 Å². The van der Waals surface area contributed by atoms with Gasteiger partial charge in [-0.15, -0.1) is 0 Å². The quantitative estimate of drug-likeness (QED) is 0.918. The summed E-state index contributed by atoms with van der Waals surface area (Å²) in [4.78, 5) is 12.1. The molecule has 1 amide bonds. The van der Waals surface area contributed by atoms with Crippen molar-refractivity contribution in [2.24, 2.45) is 5.92 Å². The molecular weight excluding hydrogens is 276 g/mol. The van der Waals surface area contributed by atoms with Crippen LogP contribution >= 0.6 is 0 Å². The monoisotopic (exact) mass is 296 g/mol. The third-order valence-electron chi connectivity index (χ3n) is 3.61. The molecule has 1 N–H and O–H groups in total. The Hall–Kier alpha value is -1.40. The van der Waals surface area contributed by atoms with Crippen molar-refractivity contribution in [3.8, 4) is 0 Å². The van der Waals surface area contributed by atoms with Crippen LogP contribution in [-0.4, -0.2) is 38.0 Å². The first kappa shape index (κ1) is 15.0. The summed E-state index contributed by atoms with van der Waals surface area (Å²) in [5, 5.41) is 2.92. The molecule has 0 bridgehead atoms. The van der Waals surface area contributed by atoms with E-state index in [0.717, 1.165) is 28.6 Å². The predicted octanol–water partition coefficient (Wildman–Crippen LogP) is 1.44. The third kappa shape index (κ3) is 3.02. The summed E-state index contributed by atoms with van der Waals surface area (Å²) in [7, 11) is -3.17. The lowest BCUT2D eigenvalue weighted by Gasteiger charge is -2.36. The Morgan fingerprint density at radius 3 is 2.15 bits per heavy atom. The highest BCUT2D eigenvalue weighted by Gasteiger charge is 2.37. The van der Waals surface area contributed by atoms with E-state index >= 15 is 0 Å². The number of hydrogen-bond donors (Lipinski definition) is 1. The fourth-order valence-corrected chi connectivity index (χ4v) is 3.38. The third-order valence-corrected chi connectivity index (χ3v) is 4.85. The van der Waals surface area contributed by atoms with E-state index in [0.29, 0.717) is 0 Å². The summed E-state index contributed by atoms with van der Waals surface area (Å²) in [5.41, 5.74) is 4.04. The Morgan fingerprint density at radius 2 is 1.70 bits per heavy atom. The maximum Gasteiger partial charge on any atom is 0.230 e. The Bertz CT molecular complexity index is 623. The molecule has 0 spiro atoms. The van der Waals surface area contributed by atoms with Gasteiger partial charge in [-0.3, -0.25) is 4.79 Å². The Kier molecular flexibility index (Phi) is 3.88. The standard InChI is InChI=1S/C14H20N2O3S/c1-9-5-10(2)13(11(3)6-9)15-14(17)12-7-16(8-12)20(4,18)19/h5-6,12H,7-8H2,1-4H3,(H,15,17). The average molecular weight is 296 g/mol. The first-order valence-electron chi connectivity index (χ1n) is 6.52. The molecule has 0 atom stereocenters. The van der Waals surface area contributed by atoms with Gasteiger partial charge in [-0.05, 0) is 31.9 Å². The second kappa shape index (κ2) is 5.18. The van der Waals surface area contributed by atoms with Gasteiger partial charge in [-0.25, -0.2) is 12.7 Å². The maximum absolute atomic E-state index is 12.1. The van der Waals surface area contributed by atoms with Crippen molar-refractivity contribution in [3.05, 3.63) is 28.8 Å². The van der Waals surface area contributed by atoms with Crippen LogP contribution in [0.25, 0.3) is 0 Å². The van der Waals surface area contributed by atoms with E-state index in [-0.39, 0.29) is 24.9 Å². The number of sulfonamides is 1. The van der Waals surface area contributed by atoms with Crippen LogP contribution in [0.1, 0.15) is 16.7 Å². The summed E-state index contributed by atoms with van der Waals surface area (Å²) in [6, 6.07) is 4.04. The zero-order chi connectivity index (χ0) is 15.1. The van der Waals surface area contributed by atoms with Crippen LogP contribution in [0.3, 0.4) is 0 Å². The van der Waals surface area contributed by atoms with Crippen LogP contribution in [0.2, 0.25) is 0 Å². The summed E-state index contributed by atoms with van der Waals surface area (Å²) in [6.07, 6.45) is 1.16. The molecule has 1 saturated heterocycles. The minimum Gasteiger partial charge on any atom is -0.325 e. The van der Waals surface area contributed by atoms with Crippen LogP contribution in [0.15, 0.2) is 12.1 Å². The molecule has 5 nitrogen and oxygen atoms in total. The molecule has 110 valence electrons. The lowest BCUT2D eigenvalue weighted by molar-refractivity contribution is -0.122. The van der Waals surface area contributed by atoms with E-state index in [1.807, 2.05) is 32.9 Å². The molecule has 2 rings (SSSR count). The first-order valence-corrected chi connectivity index (χ1v) is 8.37. The van der Waals surface area contributed by atoms with Gasteiger partial charge in [0.15, 0.2) is 0 Å². The second-order valence-electron chi connectivity index (χ2n) is 5.54. The lowest BCUT2D eigenvalue weighted by Crippen LogP contribution is -2.53. The molecular formula is C14H20N2O3S. The Labute approximate surface area is 120 Å². The van der Waals surface area contributed by atoms with Crippen molar-refractivity contribution in [1.82, 2.24) is 4.31 Å².